The molecule has 160 valence electrons. The van der Waals surface area contributed by atoms with Gasteiger partial charge in [0.2, 0.25) is 5.91 Å². The normalized spacial score (nSPS) is 18.0. The Hall–Kier alpha value is -2.67. The summed E-state index contributed by atoms with van der Waals surface area (Å²) in [5, 5.41) is 5.44. The summed E-state index contributed by atoms with van der Waals surface area (Å²) in [4.78, 5) is 29.7. The molecular weight excluding hydrogens is 432 g/mol. The molecule has 2 amide bonds. The second-order valence-corrected chi connectivity index (χ2v) is 8.88. The molecule has 0 fully saturated rings. The molecule has 1 aliphatic heterocycles. The van der Waals surface area contributed by atoms with E-state index in [-0.39, 0.29) is 11.8 Å². The number of methoxy groups -OCH3 is 1. The van der Waals surface area contributed by atoms with Crippen LogP contribution in [0.25, 0.3) is 0 Å². The standard InChI is InChI=1S/C24H23ClN2O3S/c1-15-9-10-19(18(25)14-15)26-23(28)21-16-6-3-4-7-17(16)24(29)27(11-12-30-2)22(21)20-8-5-13-31-20/h3-10,13-14,21-22H,11-12H2,1-2H3,(H,26,28)/t21-,22+/m0/s1. The fraction of sp³-hybridized carbons (Fsp3) is 0.250. The maximum atomic E-state index is 13.7. The molecule has 4 rings (SSSR count). The molecule has 1 N–H and O–H groups in total. The molecule has 0 radical (unpaired) electrons. The molecule has 0 saturated carbocycles. The molecule has 0 saturated heterocycles. The third-order valence-corrected chi connectivity index (χ3v) is 6.73. The minimum Gasteiger partial charge on any atom is -0.383 e. The number of halogens is 1. The van der Waals surface area contributed by atoms with Crippen LogP contribution in [0.2, 0.25) is 5.02 Å². The van der Waals surface area contributed by atoms with Gasteiger partial charge in [-0.3, -0.25) is 9.59 Å². The van der Waals surface area contributed by atoms with E-state index in [1.807, 2.05) is 54.8 Å². The van der Waals surface area contributed by atoms with E-state index < -0.39 is 12.0 Å². The highest BCUT2D eigenvalue weighted by molar-refractivity contribution is 7.10. The summed E-state index contributed by atoms with van der Waals surface area (Å²) in [7, 11) is 1.60. The van der Waals surface area contributed by atoms with Gasteiger partial charge < -0.3 is 15.0 Å². The van der Waals surface area contributed by atoms with Crippen LogP contribution in [0.1, 0.15) is 38.3 Å². The Morgan fingerprint density at radius 2 is 2.00 bits per heavy atom. The summed E-state index contributed by atoms with van der Waals surface area (Å²) < 4.78 is 5.26. The zero-order valence-corrected chi connectivity index (χ0v) is 18.9. The van der Waals surface area contributed by atoms with Gasteiger partial charge in [0.05, 0.1) is 29.3 Å². The summed E-state index contributed by atoms with van der Waals surface area (Å²) in [5.74, 6) is -0.878. The first-order valence-corrected chi connectivity index (χ1v) is 11.3. The number of thiophene rings is 1. The highest BCUT2D eigenvalue weighted by Gasteiger charge is 2.44. The smallest absolute Gasteiger partial charge is 0.254 e. The highest BCUT2D eigenvalue weighted by atomic mass is 35.5. The van der Waals surface area contributed by atoms with Crippen molar-refractivity contribution in [2.45, 2.75) is 18.9 Å². The van der Waals surface area contributed by atoms with Gasteiger partial charge in [-0.1, -0.05) is 41.9 Å². The van der Waals surface area contributed by atoms with Crippen LogP contribution >= 0.6 is 22.9 Å². The van der Waals surface area contributed by atoms with Crippen LogP contribution < -0.4 is 5.32 Å². The second-order valence-electron chi connectivity index (χ2n) is 7.49. The van der Waals surface area contributed by atoms with Crippen molar-refractivity contribution in [1.82, 2.24) is 4.90 Å². The molecule has 3 aromatic rings. The number of carbonyl (C=O) groups is 2. The molecule has 0 aliphatic carbocycles. The Kier molecular flexibility index (Phi) is 6.41. The lowest BCUT2D eigenvalue weighted by atomic mass is 9.81. The zero-order valence-electron chi connectivity index (χ0n) is 17.3. The molecule has 7 heteroatoms. The molecule has 0 spiro atoms. The van der Waals surface area contributed by atoms with Crippen molar-refractivity contribution in [3.05, 3.63) is 86.6 Å². The Balaban J connectivity index is 1.80. The average molecular weight is 455 g/mol. The van der Waals surface area contributed by atoms with Gasteiger partial charge in [0.15, 0.2) is 0 Å². The first-order valence-electron chi connectivity index (χ1n) is 10.0. The average Bonchev–Trinajstić information content (AvgIpc) is 3.29. The number of benzene rings is 2. The molecule has 1 aliphatic rings. The summed E-state index contributed by atoms with van der Waals surface area (Å²) in [6, 6.07) is 16.3. The number of carbonyl (C=O) groups excluding carboxylic acids is 2. The topological polar surface area (TPSA) is 58.6 Å². The second kappa shape index (κ2) is 9.22. The molecule has 2 heterocycles. The molecule has 2 aromatic carbocycles. The van der Waals surface area contributed by atoms with E-state index in [0.29, 0.717) is 29.4 Å². The van der Waals surface area contributed by atoms with Crippen molar-refractivity contribution >= 4 is 40.4 Å². The van der Waals surface area contributed by atoms with Gasteiger partial charge in [0.1, 0.15) is 0 Å². The van der Waals surface area contributed by atoms with Gasteiger partial charge in [0.25, 0.3) is 5.91 Å². The van der Waals surface area contributed by atoms with E-state index in [9.17, 15) is 9.59 Å². The van der Waals surface area contributed by atoms with Crippen LogP contribution in [-0.4, -0.2) is 37.0 Å². The highest BCUT2D eigenvalue weighted by Crippen LogP contribution is 2.44. The lowest BCUT2D eigenvalue weighted by Crippen LogP contribution is -2.47. The van der Waals surface area contributed by atoms with Crippen molar-refractivity contribution < 1.29 is 14.3 Å². The van der Waals surface area contributed by atoms with Crippen molar-refractivity contribution in [1.29, 1.82) is 0 Å². The van der Waals surface area contributed by atoms with Gasteiger partial charge in [0, 0.05) is 24.1 Å². The Labute approximate surface area is 190 Å². The monoisotopic (exact) mass is 454 g/mol. The fourth-order valence-corrected chi connectivity index (χ4v) is 5.17. The number of nitrogens with one attached hydrogen (secondary N) is 1. The first-order chi connectivity index (χ1) is 15.0. The quantitative estimate of drug-likeness (QED) is 0.551. The van der Waals surface area contributed by atoms with E-state index in [2.05, 4.69) is 5.32 Å². The summed E-state index contributed by atoms with van der Waals surface area (Å²) >= 11 is 7.91. The number of hydrogen-bond donors (Lipinski definition) is 1. The number of fused-ring (bicyclic) bond motifs is 1. The van der Waals surface area contributed by atoms with Crippen LogP contribution in [0.4, 0.5) is 5.69 Å². The molecule has 2 atom stereocenters. The minimum absolute atomic E-state index is 0.0940. The van der Waals surface area contributed by atoms with Crippen LogP contribution in [0.15, 0.2) is 60.0 Å². The number of anilines is 1. The van der Waals surface area contributed by atoms with Gasteiger partial charge in [-0.25, -0.2) is 0 Å². The lowest BCUT2D eigenvalue weighted by molar-refractivity contribution is -0.119. The SMILES string of the molecule is COCCN1C(=O)c2ccccc2[C@H](C(=O)Nc2ccc(C)cc2Cl)[C@H]1c1cccs1. The van der Waals surface area contributed by atoms with Gasteiger partial charge in [-0.2, -0.15) is 0 Å². The van der Waals surface area contributed by atoms with E-state index in [4.69, 9.17) is 16.3 Å². The largest absolute Gasteiger partial charge is 0.383 e. The predicted octanol–water partition coefficient (Wildman–Crippen LogP) is 5.28. The van der Waals surface area contributed by atoms with Gasteiger partial charge in [-0.05, 0) is 47.7 Å². The molecular formula is C24H23ClN2O3S. The third-order valence-electron chi connectivity index (χ3n) is 5.47. The Bertz CT molecular complexity index is 1100. The van der Waals surface area contributed by atoms with Crippen LogP contribution in [0, 0.1) is 6.92 Å². The van der Waals surface area contributed by atoms with Crippen molar-refractivity contribution in [3.8, 4) is 0 Å². The lowest BCUT2D eigenvalue weighted by Gasteiger charge is -2.41. The van der Waals surface area contributed by atoms with E-state index in [1.165, 1.54) is 11.3 Å². The maximum Gasteiger partial charge on any atom is 0.254 e. The summed E-state index contributed by atoms with van der Waals surface area (Å²) in [5.41, 5.74) is 2.83. The van der Waals surface area contributed by atoms with Gasteiger partial charge in [-0.15, -0.1) is 11.3 Å². The number of aryl methyl sites for hydroxylation is 1. The van der Waals surface area contributed by atoms with Crippen molar-refractivity contribution in [3.63, 3.8) is 0 Å². The number of rotatable bonds is 6. The van der Waals surface area contributed by atoms with Crippen molar-refractivity contribution in [2.24, 2.45) is 0 Å². The van der Waals surface area contributed by atoms with Crippen LogP contribution in [-0.2, 0) is 9.53 Å². The number of ether oxygens (including phenoxy) is 1. The Morgan fingerprint density at radius 1 is 1.19 bits per heavy atom. The first kappa shape index (κ1) is 21.6. The number of hydrogen-bond acceptors (Lipinski definition) is 4. The third kappa shape index (κ3) is 4.24. The van der Waals surface area contributed by atoms with E-state index >= 15 is 0 Å². The fourth-order valence-electron chi connectivity index (χ4n) is 4.02. The molecule has 5 nitrogen and oxygen atoms in total. The maximum absolute atomic E-state index is 13.7. The number of amides is 2. The van der Waals surface area contributed by atoms with Crippen LogP contribution in [0.3, 0.4) is 0 Å². The molecule has 1 aromatic heterocycles. The van der Waals surface area contributed by atoms with E-state index in [0.717, 1.165) is 16.0 Å². The summed E-state index contributed by atoms with van der Waals surface area (Å²) in [6.45, 7) is 2.72. The van der Waals surface area contributed by atoms with E-state index in [1.54, 1.807) is 24.1 Å². The van der Waals surface area contributed by atoms with Crippen molar-refractivity contribution in [2.75, 3.05) is 25.6 Å². The van der Waals surface area contributed by atoms with Gasteiger partial charge >= 0.3 is 0 Å². The summed E-state index contributed by atoms with van der Waals surface area (Å²) in [6.07, 6.45) is 0. The Morgan fingerprint density at radius 3 is 2.71 bits per heavy atom. The molecule has 0 bridgehead atoms. The molecule has 0 unspecified atom stereocenters. The minimum atomic E-state index is -0.582. The number of nitrogens with zero attached hydrogens (tertiary/aromatic N) is 1. The molecule has 31 heavy (non-hydrogen) atoms. The zero-order chi connectivity index (χ0) is 22.0. The van der Waals surface area contributed by atoms with Crippen LogP contribution in [0.5, 0.6) is 0 Å². The predicted molar refractivity (Wildman–Crippen MR) is 124 cm³/mol.